The molecule has 3 nitrogen and oxygen atoms in total. The van der Waals surface area contributed by atoms with Crippen LogP contribution in [-0.4, -0.2) is 48.9 Å². The zero-order valence-electron chi connectivity index (χ0n) is 13.3. The number of benzene rings is 1. The molecule has 2 aliphatic carbocycles. The minimum absolute atomic E-state index is 0.139. The third-order valence-electron chi connectivity index (χ3n) is 4.96. The number of hydrogen-bond acceptors (Lipinski definition) is 2. The van der Waals surface area contributed by atoms with Gasteiger partial charge in [-0.3, -0.25) is 4.79 Å². The molecule has 22 heavy (non-hydrogen) atoms. The lowest BCUT2D eigenvalue weighted by atomic mass is 9.86. The van der Waals surface area contributed by atoms with Crippen LogP contribution < -0.4 is 0 Å². The Bertz CT molecular complexity index is 580. The molecule has 0 aromatic rings. The summed E-state index contributed by atoms with van der Waals surface area (Å²) < 4.78 is 0. The van der Waals surface area contributed by atoms with Crippen molar-refractivity contribution >= 4 is 5.91 Å². The van der Waals surface area contributed by atoms with Crippen LogP contribution in [0.15, 0.2) is 24.3 Å². The lowest BCUT2D eigenvalue weighted by Gasteiger charge is -2.32. The molecule has 0 N–H and O–H groups in total. The number of carbonyl (C=O) groups is 1. The molecule has 2 aliphatic heterocycles. The third-order valence-corrected chi connectivity index (χ3v) is 4.96. The van der Waals surface area contributed by atoms with Crippen molar-refractivity contribution in [3.8, 4) is 23.5 Å². The van der Waals surface area contributed by atoms with E-state index in [1.54, 1.807) is 4.90 Å². The molecule has 2 saturated heterocycles. The van der Waals surface area contributed by atoms with E-state index in [1.807, 2.05) is 7.05 Å². The monoisotopic (exact) mass is 296 g/mol. The first kappa shape index (κ1) is 15.1. The van der Waals surface area contributed by atoms with Crippen LogP contribution in [0.3, 0.4) is 0 Å². The summed E-state index contributed by atoms with van der Waals surface area (Å²) in [7, 11) is 1.84. The molecule has 0 spiro atoms. The molecule has 1 atom stereocenters. The molecule has 4 rings (SSSR count). The maximum absolute atomic E-state index is 12.1. The molecular weight excluding hydrogens is 272 g/mol. The fourth-order valence-corrected chi connectivity index (χ4v) is 3.43. The van der Waals surface area contributed by atoms with Crippen molar-refractivity contribution < 1.29 is 4.79 Å². The molecule has 0 saturated carbocycles. The zero-order valence-corrected chi connectivity index (χ0v) is 13.3. The van der Waals surface area contributed by atoms with Gasteiger partial charge in [-0.05, 0) is 49.5 Å². The van der Waals surface area contributed by atoms with Crippen LogP contribution in [0.5, 0.6) is 0 Å². The van der Waals surface area contributed by atoms with Crippen molar-refractivity contribution in [1.82, 2.24) is 9.80 Å². The highest BCUT2D eigenvalue weighted by molar-refractivity contribution is 5.88. The molecule has 0 radical (unpaired) electrons. The molecule has 116 valence electrons. The summed E-state index contributed by atoms with van der Waals surface area (Å²) in [5, 5.41) is 0. The number of likely N-dealkylation sites (tertiary alicyclic amines) is 2. The molecule has 0 aromatic carbocycles. The van der Waals surface area contributed by atoms with Gasteiger partial charge in [0, 0.05) is 20.1 Å². The van der Waals surface area contributed by atoms with Crippen molar-refractivity contribution in [2.45, 2.75) is 25.7 Å². The Hall–Kier alpha value is -1.79. The highest BCUT2D eigenvalue weighted by Gasteiger charge is 2.45. The van der Waals surface area contributed by atoms with Gasteiger partial charge in [-0.25, -0.2) is 0 Å². The molecule has 2 fully saturated rings. The topological polar surface area (TPSA) is 23.6 Å². The molecule has 2 heterocycles. The summed E-state index contributed by atoms with van der Waals surface area (Å²) in [6, 6.07) is 8.48. The maximum atomic E-state index is 12.1. The Balaban J connectivity index is 0.000000196. The van der Waals surface area contributed by atoms with Crippen molar-refractivity contribution in [1.29, 1.82) is 0 Å². The van der Waals surface area contributed by atoms with E-state index >= 15 is 0 Å². The summed E-state index contributed by atoms with van der Waals surface area (Å²) in [5.41, 5.74) is 2.32. The summed E-state index contributed by atoms with van der Waals surface area (Å²) in [5.74, 6) is 2.91. The van der Waals surface area contributed by atoms with Crippen molar-refractivity contribution in [2.24, 2.45) is 5.41 Å². The number of piperidine rings is 1. The first-order valence-corrected chi connectivity index (χ1v) is 8.21. The third kappa shape index (κ3) is 3.03. The van der Waals surface area contributed by atoms with Crippen LogP contribution in [-0.2, 0) is 4.79 Å². The van der Waals surface area contributed by atoms with E-state index in [1.165, 1.54) is 30.4 Å². The van der Waals surface area contributed by atoms with E-state index in [0.29, 0.717) is 0 Å². The van der Waals surface area contributed by atoms with Gasteiger partial charge in [-0.2, -0.15) is 0 Å². The SMILES string of the molecule is C#CC1(CN2CCCCC2)CCN(C)C1=O.c1cc2cc-2c1. The van der Waals surface area contributed by atoms with Gasteiger partial charge >= 0.3 is 0 Å². The molecular formula is C19H24N2O. The minimum atomic E-state index is -0.536. The number of hydrogen-bond donors (Lipinski definition) is 0. The van der Waals surface area contributed by atoms with Gasteiger partial charge < -0.3 is 9.80 Å². The number of amides is 1. The van der Waals surface area contributed by atoms with Crippen LogP contribution in [0.1, 0.15) is 25.7 Å². The van der Waals surface area contributed by atoms with Gasteiger partial charge in [0.15, 0.2) is 0 Å². The molecule has 0 aromatic heterocycles. The zero-order chi connectivity index (χ0) is 15.6. The predicted octanol–water partition coefficient (Wildman–Crippen LogP) is 2.62. The largest absolute Gasteiger partial charge is 0.344 e. The van der Waals surface area contributed by atoms with Gasteiger partial charge in [0.1, 0.15) is 5.41 Å². The summed E-state index contributed by atoms with van der Waals surface area (Å²) in [6.45, 7) is 3.75. The molecule has 4 aliphatic rings. The van der Waals surface area contributed by atoms with Crippen molar-refractivity contribution in [2.75, 3.05) is 33.2 Å². The quantitative estimate of drug-likeness (QED) is 0.795. The normalized spacial score (nSPS) is 26.2. The van der Waals surface area contributed by atoms with Gasteiger partial charge in [0.2, 0.25) is 5.91 Å². The number of nitrogens with zero attached hydrogens (tertiary/aromatic N) is 2. The lowest BCUT2D eigenvalue weighted by Crippen LogP contribution is -2.44. The van der Waals surface area contributed by atoms with Gasteiger partial charge in [-0.1, -0.05) is 30.5 Å². The Morgan fingerprint density at radius 2 is 1.86 bits per heavy atom. The van der Waals surface area contributed by atoms with Gasteiger partial charge in [-0.15, -0.1) is 6.42 Å². The predicted molar refractivity (Wildman–Crippen MR) is 89.2 cm³/mol. The Labute approximate surface area is 133 Å². The van der Waals surface area contributed by atoms with E-state index in [2.05, 4.69) is 35.1 Å². The second kappa shape index (κ2) is 6.14. The second-order valence-corrected chi connectivity index (χ2v) is 6.62. The van der Waals surface area contributed by atoms with Crippen molar-refractivity contribution in [3.05, 3.63) is 24.3 Å². The first-order chi connectivity index (χ1) is 10.6. The van der Waals surface area contributed by atoms with E-state index in [9.17, 15) is 4.79 Å². The van der Waals surface area contributed by atoms with E-state index in [4.69, 9.17) is 6.42 Å². The molecule has 1 unspecified atom stereocenters. The Morgan fingerprint density at radius 1 is 1.18 bits per heavy atom. The van der Waals surface area contributed by atoms with Crippen LogP contribution in [0.4, 0.5) is 0 Å². The highest BCUT2D eigenvalue weighted by atomic mass is 16.2. The number of carbonyl (C=O) groups excluding carboxylic acids is 1. The van der Waals surface area contributed by atoms with Crippen LogP contribution in [0.2, 0.25) is 0 Å². The molecule has 3 heteroatoms. The minimum Gasteiger partial charge on any atom is -0.344 e. The van der Waals surface area contributed by atoms with E-state index < -0.39 is 5.41 Å². The smallest absolute Gasteiger partial charge is 0.241 e. The summed E-state index contributed by atoms with van der Waals surface area (Å²) in [4.78, 5) is 16.2. The maximum Gasteiger partial charge on any atom is 0.241 e. The van der Waals surface area contributed by atoms with Crippen LogP contribution >= 0.6 is 0 Å². The van der Waals surface area contributed by atoms with Gasteiger partial charge in [0.25, 0.3) is 0 Å². The number of terminal acetylenes is 1. The number of rotatable bonds is 2. The second-order valence-electron chi connectivity index (χ2n) is 6.62. The standard InChI is InChI=1S/C13H20N2O.C6H4/c1-3-13(7-10-14(2)12(13)16)11-15-8-5-4-6-9-15;1-2-5-4-6(5)3-1/h1H,4-11H2,2H3;1-4H. The summed E-state index contributed by atoms with van der Waals surface area (Å²) in [6.07, 6.45) is 10.2. The molecule has 1 amide bonds. The fourth-order valence-electron chi connectivity index (χ4n) is 3.43. The van der Waals surface area contributed by atoms with Crippen molar-refractivity contribution in [3.63, 3.8) is 0 Å². The van der Waals surface area contributed by atoms with Crippen LogP contribution in [0, 0.1) is 17.8 Å². The van der Waals surface area contributed by atoms with E-state index in [-0.39, 0.29) is 5.91 Å². The average Bonchev–Trinajstić information content (AvgIpc) is 3.06. The summed E-state index contributed by atoms with van der Waals surface area (Å²) >= 11 is 0. The van der Waals surface area contributed by atoms with Crippen LogP contribution in [0.25, 0.3) is 11.1 Å². The number of fused-ring (bicyclic) bond motifs is 1. The van der Waals surface area contributed by atoms with E-state index in [0.717, 1.165) is 32.6 Å². The Morgan fingerprint density at radius 3 is 2.27 bits per heavy atom. The highest BCUT2D eigenvalue weighted by Crippen LogP contribution is 2.33. The fraction of sp³-hybridized carbons (Fsp3) is 0.526. The average molecular weight is 296 g/mol. The van der Waals surface area contributed by atoms with Gasteiger partial charge in [0.05, 0.1) is 0 Å². The molecule has 0 bridgehead atoms. The first-order valence-electron chi connectivity index (χ1n) is 8.21. The lowest BCUT2D eigenvalue weighted by molar-refractivity contribution is -0.133. The Kier molecular flexibility index (Phi) is 4.22.